The van der Waals surface area contributed by atoms with E-state index in [2.05, 4.69) is 0 Å². The summed E-state index contributed by atoms with van der Waals surface area (Å²) < 4.78 is 43.2. The van der Waals surface area contributed by atoms with Gasteiger partial charge in [0.25, 0.3) is 5.69 Å². The van der Waals surface area contributed by atoms with Crippen LogP contribution < -0.4 is 4.74 Å². The number of alkyl halides is 3. The number of ether oxygens (including phenoxy) is 1. The van der Waals surface area contributed by atoms with Crippen molar-refractivity contribution in [3.8, 4) is 11.5 Å². The van der Waals surface area contributed by atoms with Gasteiger partial charge in [-0.3, -0.25) is 10.1 Å². The van der Waals surface area contributed by atoms with E-state index in [1.807, 2.05) is 0 Å². The molecule has 4 nitrogen and oxygen atoms in total. The van der Waals surface area contributed by atoms with Crippen LogP contribution in [0.4, 0.5) is 18.9 Å². The van der Waals surface area contributed by atoms with Crippen LogP contribution in [0.25, 0.3) is 0 Å². The van der Waals surface area contributed by atoms with Crippen LogP contribution in [0.15, 0.2) is 42.5 Å². The highest BCUT2D eigenvalue weighted by atomic mass is 19.4. The van der Waals surface area contributed by atoms with Crippen molar-refractivity contribution in [2.24, 2.45) is 0 Å². The van der Waals surface area contributed by atoms with Crippen LogP contribution in [0.5, 0.6) is 11.5 Å². The van der Waals surface area contributed by atoms with E-state index in [0.29, 0.717) is 5.75 Å². The maximum Gasteiger partial charge on any atom is 0.416 e. The van der Waals surface area contributed by atoms with E-state index < -0.39 is 16.7 Å². The molecule has 0 radical (unpaired) electrons. The van der Waals surface area contributed by atoms with Gasteiger partial charge < -0.3 is 4.74 Å². The van der Waals surface area contributed by atoms with Crippen molar-refractivity contribution in [1.29, 1.82) is 0 Å². The minimum Gasteiger partial charge on any atom is -0.457 e. The number of nitro benzene ring substituents is 1. The van der Waals surface area contributed by atoms with E-state index in [1.165, 1.54) is 43.3 Å². The molecule has 0 unspecified atom stereocenters. The molecule has 0 spiro atoms. The summed E-state index contributed by atoms with van der Waals surface area (Å²) in [5, 5.41) is 10.5. The number of hydrogen-bond donors (Lipinski definition) is 0. The summed E-state index contributed by atoms with van der Waals surface area (Å²) in [5.74, 6) is 0.536. The third kappa shape index (κ3) is 3.50. The largest absolute Gasteiger partial charge is 0.457 e. The summed E-state index contributed by atoms with van der Waals surface area (Å²) in [6.45, 7) is 1.34. The number of nitro groups is 1. The number of halogens is 3. The molecule has 0 aliphatic heterocycles. The highest BCUT2D eigenvalue weighted by Crippen LogP contribution is 2.34. The van der Waals surface area contributed by atoms with Crippen molar-refractivity contribution in [1.82, 2.24) is 0 Å². The lowest BCUT2D eigenvalue weighted by atomic mass is 10.1. The Morgan fingerprint density at radius 3 is 2.10 bits per heavy atom. The fraction of sp³-hybridized carbons (Fsp3) is 0.143. The molecule has 0 atom stereocenters. The van der Waals surface area contributed by atoms with Crippen LogP contribution in [0, 0.1) is 17.0 Å². The second-order valence-electron chi connectivity index (χ2n) is 4.33. The summed E-state index contributed by atoms with van der Waals surface area (Å²) in [4.78, 5) is 9.96. The molecule has 0 aromatic heterocycles. The van der Waals surface area contributed by atoms with Crippen molar-refractivity contribution in [3.63, 3.8) is 0 Å². The van der Waals surface area contributed by atoms with Crippen LogP contribution >= 0.6 is 0 Å². The quantitative estimate of drug-likeness (QED) is 0.608. The molecule has 0 saturated heterocycles. The van der Waals surface area contributed by atoms with E-state index in [9.17, 15) is 23.3 Å². The number of hydrogen-bond acceptors (Lipinski definition) is 3. The number of aryl methyl sites for hydroxylation is 1. The molecular formula is C14H10F3NO3. The molecule has 0 saturated carbocycles. The number of nitrogens with zero attached hydrogens (tertiary/aromatic N) is 1. The molecular weight excluding hydrogens is 287 g/mol. The van der Waals surface area contributed by atoms with E-state index >= 15 is 0 Å². The Morgan fingerprint density at radius 1 is 1.05 bits per heavy atom. The zero-order valence-electron chi connectivity index (χ0n) is 10.8. The standard InChI is InChI=1S/C14H10F3NO3/c1-9-8-12(6-7-13(9)14(15,16)17)21-11-4-2-10(3-5-11)18(19)20/h2-8H,1H3. The molecule has 2 aromatic rings. The Hall–Kier alpha value is -2.57. The first-order chi connectivity index (χ1) is 9.77. The fourth-order valence-corrected chi connectivity index (χ4v) is 1.79. The zero-order valence-corrected chi connectivity index (χ0v) is 10.8. The molecule has 0 N–H and O–H groups in total. The van der Waals surface area contributed by atoms with Crippen molar-refractivity contribution in [2.75, 3.05) is 0 Å². The van der Waals surface area contributed by atoms with Crippen molar-refractivity contribution >= 4 is 5.69 Å². The third-order valence-electron chi connectivity index (χ3n) is 2.79. The van der Waals surface area contributed by atoms with Gasteiger partial charge in [0.1, 0.15) is 11.5 Å². The van der Waals surface area contributed by atoms with Gasteiger partial charge in [0.2, 0.25) is 0 Å². The van der Waals surface area contributed by atoms with Crippen LogP contribution in [0.3, 0.4) is 0 Å². The molecule has 0 aliphatic carbocycles. The normalized spacial score (nSPS) is 11.2. The first-order valence-corrected chi connectivity index (χ1v) is 5.87. The summed E-state index contributed by atoms with van der Waals surface area (Å²) in [6.07, 6.45) is -4.41. The van der Waals surface area contributed by atoms with Crippen molar-refractivity contribution in [2.45, 2.75) is 13.1 Å². The molecule has 0 fully saturated rings. The van der Waals surface area contributed by atoms with Gasteiger partial charge >= 0.3 is 6.18 Å². The molecule has 2 rings (SSSR count). The maximum atomic E-state index is 12.6. The Balaban J connectivity index is 2.20. The van der Waals surface area contributed by atoms with Crippen LogP contribution in [0.2, 0.25) is 0 Å². The molecule has 0 amide bonds. The monoisotopic (exact) mass is 297 g/mol. The second-order valence-corrected chi connectivity index (χ2v) is 4.33. The Bertz CT molecular complexity index is 666. The average Bonchev–Trinajstić information content (AvgIpc) is 2.37. The average molecular weight is 297 g/mol. The van der Waals surface area contributed by atoms with E-state index in [0.717, 1.165) is 6.07 Å². The predicted molar refractivity (Wildman–Crippen MR) is 69.4 cm³/mol. The summed E-state index contributed by atoms with van der Waals surface area (Å²) in [5.41, 5.74) is -0.772. The Morgan fingerprint density at radius 2 is 1.62 bits per heavy atom. The van der Waals surface area contributed by atoms with Gasteiger partial charge in [-0.2, -0.15) is 13.2 Å². The van der Waals surface area contributed by atoms with Crippen LogP contribution in [0.1, 0.15) is 11.1 Å². The zero-order chi connectivity index (χ0) is 15.6. The minimum absolute atomic E-state index is 0.0434. The molecule has 0 heterocycles. The lowest BCUT2D eigenvalue weighted by Gasteiger charge is -2.12. The first-order valence-electron chi connectivity index (χ1n) is 5.87. The molecule has 21 heavy (non-hydrogen) atoms. The number of non-ortho nitro benzene ring substituents is 1. The molecule has 2 aromatic carbocycles. The second kappa shape index (κ2) is 5.43. The SMILES string of the molecule is Cc1cc(Oc2ccc([N+](=O)[O-])cc2)ccc1C(F)(F)F. The van der Waals surface area contributed by atoms with Gasteiger partial charge in [-0.15, -0.1) is 0 Å². The third-order valence-corrected chi connectivity index (χ3v) is 2.79. The predicted octanol–water partition coefficient (Wildman–Crippen LogP) is 4.71. The van der Waals surface area contributed by atoms with Crippen molar-refractivity contribution in [3.05, 3.63) is 63.7 Å². The minimum atomic E-state index is -4.41. The van der Waals surface area contributed by atoms with Gasteiger partial charge in [-0.1, -0.05) is 0 Å². The van der Waals surface area contributed by atoms with Gasteiger partial charge in [0, 0.05) is 12.1 Å². The molecule has 110 valence electrons. The maximum absolute atomic E-state index is 12.6. The topological polar surface area (TPSA) is 52.4 Å². The highest BCUT2D eigenvalue weighted by Gasteiger charge is 2.32. The van der Waals surface area contributed by atoms with Gasteiger partial charge in [-0.25, -0.2) is 0 Å². The first kappa shape index (κ1) is 14.8. The summed E-state index contributed by atoms with van der Waals surface area (Å²) in [6, 6.07) is 8.69. The smallest absolute Gasteiger partial charge is 0.416 e. The lowest BCUT2D eigenvalue weighted by molar-refractivity contribution is -0.384. The molecule has 0 aliphatic rings. The molecule has 0 bridgehead atoms. The van der Waals surface area contributed by atoms with Gasteiger partial charge in [-0.05, 0) is 42.8 Å². The number of rotatable bonds is 3. The highest BCUT2D eigenvalue weighted by molar-refractivity contribution is 5.41. The van der Waals surface area contributed by atoms with E-state index in [1.54, 1.807) is 0 Å². The van der Waals surface area contributed by atoms with Crippen LogP contribution in [-0.2, 0) is 6.18 Å². The molecule has 7 heteroatoms. The van der Waals surface area contributed by atoms with Gasteiger partial charge in [0.05, 0.1) is 10.5 Å². The Kier molecular flexibility index (Phi) is 3.84. The van der Waals surface area contributed by atoms with Crippen LogP contribution in [-0.4, -0.2) is 4.92 Å². The lowest BCUT2D eigenvalue weighted by Crippen LogP contribution is -2.07. The van der Waals surface area contributed by atoms with E-state index in [-0.39, 0.29) is 17.0 Å². The number of benzene rings is 2. The van der Waals surface area contributed by atoms with E-state index in [4.69, 9.17) is 4.74 Å². The summed E-state index contributed by atoms with van der Waals surface area (Å²) in [7, 11) is 0. The van der Waals surface area contributed by atoms with Crippen molar-refractivity contribution < 1.29 is 22.8 Å². The Labute approximate surface area is 117 Å². The summed E-state index contributed by atoms with van der Waals surface area (Å²) >= 11 is 0. The van der Waals surface area contributed by atoms with Gasteiger partial charge in [0.15, 0.2) is 0 Å². The fourth-order valence-electron chi connectivity index (χ4n) is 1.79.